The average molecular weight is 447 g/mol. The molecule has 3 heterocycles. The minimum Gasteiger partial charge on any atom is -0.354 e. The maximum Gasteiger partial charge on any atom is 0.191 e. The van der Waals surface area contributed by atoms with E-state index in [9.17, 15) is 0 Å². The second-order valence-corrected chi connectivity index (χ2v) is 6.76. The van der Waals surface area contributed by atoms with Gasteiger partial charge in [0.15, 0.2) is 11.8 Å². The van der Waals surface area contributed by atoms with Gasteiger partial charge < -0.3 is 20.1 Å². The van der Waals surface area contributed by atoms with E-state index < -0.39 is 0 Å². The molecular formula is C16H30IN7. The van der Waals surface area contributed by atoms with Crippen molar-refractivity contribution in [1.82, 2.24) is 30.3 Å². The maximum absolute atomic E-state index is 4.35. The van der Waals surface area contributed by atoms with E-state index in [1.54, 1.807) is 0 Å². The Bertz CT molecular complexity index is 547. The van der Waals surface area contributed by atoms with Gasteiger partial charge in [0, 0.05) is 45.2 Å². The van der Waals surface area contributed by atoms with Crippen LogP contribution in [0.3, 0.4) is 0 Å². The molecule has 1 aromatic rings. The normalized spacial score (nSPS) is 19.2. The van der Waals surface area contributed by atoms with Gasteiger partial charge in [0.1, 0.15) is 5.82 Å². The quantitative estimate of drug-likeness (QED) is 0.415. The predicted octanol–water partition coefficient (Wildman–Crippen LogP) is 1.38. The van der Waals surface area contributed by atoms with E-state index >= 15 is 0 Å². The molecule has 2 aliphatic heterocycles. The van der Waals surface area contributed by atoms with Crippen molar-refractivity contribution in [1.29, 1.82) is 0 Å². The SMILES string of the molecule is CN=C(NCc1nnc2n1CCC2)NC1CCN(C(C)C)CC1.I. The van der Waals surface area contributed by atoms with Gasteiger partial charge in [-0.1, -0.05) is 0 Å². The van der Waals surface area contributed by atoms with Crippen molar-refractivity contribution in [2.75, 3.05) is 20.1 Å². The zero-order chi connectivity index (χ0) is 16.2. The van der Waals surface area contributed by atoms with Crippen LogP contribution in [-0.2, 0) is 19.5 Å². The molecule has 7 nitrogen and oxygen atoms in total. The number of hydrogen-bond donors (Lipinski definition) is 2. The van der Waals surface area contributed by atoms with Crippen LogP contribution in [0, 0.1) is 0 Å². The van der Waals surface area contributed by atoms with Gasteiger partial charge in [0.2, 0.25) is 0 Å². The van der Waals surface area contributed by atoms with Crippen LogP contribution >= 0.6 is 24.0 Å². The molecule has 0 bridgehead atoms. The average Bonchev–Trinajstić information content (AvgIpc) is 3.16. The number of likely N-dealkylation sites (tertiary alicyclic amines) is 1. The monoisotopic (exact) mass is 447 g/mol. The standard InChI is InChI=1S/C16H29N7.HI/c1-12(2)22-9-6-13(7-10-22)19-16(17-3)18-11-15-21-20-14-5-4-8-23(14)15;/h12-13H,4-11H2,1-3H3,(H2,17,18,19);1H. The van der Waals surface area contributed by atoms with Crippen molar-refractivity contribution in [2.45, 2.75) is 64.7 Å². The van der Waals surface area contributed by atoms with Crippen LogP contribution in [0.5, 0.6) is 0 Å². The number of aromatic nitrogens is 3. The van der Waals surface area contributed by atoms with Crippen molar-refractivity contribution in [3.05, 3.63) is 11.6 Å². The van der Waals surface area contributed by atoms with Crippen LogP contribution in [0.4, 0.5) is 0 Å². The number of piperidine rings is 1. The number of halogens is 1. The van der Waals surface area contributed by atoms with Gasteiger partial charge in [0.05, 0.1) is 6.54 Å². The summed E-state index contributed by atoms with van der Waals surface area (Å²) in [5, 5.41) is 15.5. The lowest BCUT2D eigenvalue weighted by atomic mass is 10.0. The van der Waals surface area contributed by atoms with Crippen molar-refractivity contribution in [3.8, 4) is 0 Å². The van der Waals surface area contributed by atoms with E-state index in [-0.39, 0.29) is 24.0 Å². The van der Waals surface area contributed by atoms with Crippen LogP contribution in [0.25, 0.3) is 0 Å². The Hall–Kier alpha value is -0.900. The number of aryl methyl sites for hydroxylation is 1. The molecule has 0 atom stereocenters. The lowest BCUT2D eigenvalue weighted by molar-refractivity contribution is 0.167. The van der Waals surface area contributed by atoms with Crippen molar-refractivity contribution in [3.63, 3.8) is 0 Å². The van der Waals surface area contributed by atoms with E-state index in [4.69, 9.17) is 0 Å². The highest BCUT2D eigenvalue weighted by molar-refractivity contribution is 14.0. The van der Waals surface area contributed by atoms with Crippen LogP contribution in [0.1, 0.15) is 44.8 Å². The van der Waals surface area contributed by atoms with E-state index in [1.165, 1.54) is 19.3 Å². The highest BCUT2D eigenvalue weighted by atomic mass is 127. The molecule has 2 aliphatic rings. The lowest BCUT2D eigenvalue weighted by Gasteiger charge is -2.35. The molecule has 1 saturated heterocycles. The molecule has 0 unspecified atom stereocenters. The number of aliphatic imine (C=N–C) groups is 1. The largest absolute Gasteiger partial charge is 0.354 e. The van der Waals surface area contributed by atoms with Crippen LogP contribution in [-0.4, -0.2) is 57.8 Å². The van der Waals surface area contributed by atoms with Gasteiger partial charge in [-0.05, 0) is 33.1 Å². The number of nitrogens with one attached hydrogen (secondary N) is 2. The summed E-state index contributed by atoms with van der Waals surface area (Å²) >= 11 is 0. The van der Waals surface area contributed by atoms with Crippen LogP contribution in [0.15, 0.2) is 4.99 Å². The fraction of sp³-hybridized carbons (Fsp3) is 0.812. The topological polar surface area (TPSA) is 70.4 Å². The summed E-state index contributed by atoms with van der Waals surface area (Å²) in [4.78, 5) is 6.89. The van der Waals surface area contributed by atoms with Crippen LogP contribution < -0.4 is 10.6 Å². The van der Waals surface area contributed by atoms with Crippen molar-refractivity contribution < 1.29 is 0 Å². The number of fused-ring (bicyclic) bond motifs is 1. The third-order valence-corrected chi connectivity index (χ3v) is 4.92. The van der Waals surface area contributed by atoms with Crippen LogP contribution in [0.2, 0.25) is 0 Å². The molecule has 0 spiro atoms. The van der Waals surface area contributed by atoms with E-state index in [1.807, 2.05) is 7.05 Å². The molecule has 1 aromatic heterocycles. The molecule has 8 heteroatoms. The highest BCUT2D eigenvalue weighted by Crippen LogP contribution is 2.14. The Kier molecular flexibility index (Phi) is 7.27. The number of rotatable bonds is 4. The Morgan fingerprint density at radius 1 is 1.25 bits per heavy atom. The fourth-order valence-corrected chi connectivity index (χ4v) is 3.45. The first-order chi connectivity index (χ1) is 11.2. The van der Waals surface area contributed by atoms with Gasteiger partial charge in [-0.25, -0.2) is 0 Å². The molecule has 3 rings (SSSR count). The van der Waals surface area contributed by atoms with Gasteiger partial charge in [0.25, 0.3) is 0 Å². The second kappa shape index (κ2) is 8.98. The Balaban J connectivity index is 0.00000208. The molecule has 0 aliphatic carbocycles. The smallest absolute Gasteiger partial charge is 0.191 e. The third kappa shape index (κ3) is 4.59. The van der Waals surface area contributed by atoms with Crippen molar-refractivity contribution in [2.24, 2.45) is 4.99 Å². The minimum atomic E-state index is 0. The first-order valence-electron chi connectivity index (χ1n) is 8.79. The molecule has 0 aromatic carbocycles. The van der Waals surface area contributed by atoms with Gasteiger partial charge in [-0.15, -0.1) is 34.2 Å². The molecular weight excluding hydrogens is 417 g/mol. The number of guanidine groups is 1. The summed E-state index contributed by atoms with van der Waals surface area (Å²) in [5.74, 6) is 2.99. The first kappa shape index (κ1) is 19.4. The zero-order valence-electron chi connectivity index (χ0n) is 15.0. The molecule has 1 fully saturated rings. The fourth-order valence-electron chi connectivity index (χ4n) is 3.45. The second-order valence-electron chi connectivity index (χ2n) is 6.76. The molecule has 0 amide bonds. The highest BCUT2D eigenvalue weighted by Gasteiger charge is 2.22. The summed E-state index contributed by atoms with van der Waals surface area (Å²) in [6.07, 6.45) is 4.56. The van der Waals surface area contributed by atoms with E-state index in [0.717, 1.165) is 43.7 Å². The van der Waals surface area contributed by atoms with E-state index in [2.05, 4.69) is 49.1 Å². The molecule has 0 saturated carbocycles. The Morgan fingerprint density at radius 3 is 2.67 bits per heavy atom. The van der Waals surface area contributed by atoms with Gasteiger partial charge in [-0.3, -0.25) is 4.99 Å². The van der Waals surface area contributed by atoms with Crippen molar-refractivity contribution >= 4 is 29.9 Å². The maximum atomic E-state index is 4.35. The Morgan fingerprint density at radius 2 is 2.00 bits per heavy atom. The number of nitrogens with zero attached hydrogens (tertiary/aromatic N) is 5. The molecule has 2 N–H and O–H groups in total. The number of hydrogen-bond acceptors (Lipinski definition) is 4. The predicted molar refractivity (Wildman–Crippen MR) is 107 cm³/mol. The summed E-state index contributed by atoms with van der Waals surface area (Å²) in [6, 6.07) is 1.14. The zero-order valence-corrected chi connectivity index (χ0v) is 17.3. The summed E-state index contributed by atoms with van der Waals surface area (Å²) in [7, 11) is 1.83. The summed E-state index contributed by atoms with van der Waals surface area (Å²) < 4.78 is 2.22. The third-order valence-electron chi connectivity index (χ3n) is 4.92. The summed E-state index contributed by atoms with van der Waals surface area (Å²) in [5.41, 5.74) is 0. The lowest BCUT2D eigenvalue weighted by Crippen LogP contribution is -2.49. The molecule has 24 heavy (non-hydrogen) atoms. The molecule has 136 valence electrons. The van der Waals surface area contributed by atoms with Gasteiger partial charge in [-0.2, -0.15) is 0 Å². The minimum absolute atomic E-state index is 0. The van der Waals surface area contributed by atoms with E-state index in [0.29, 0.717) is 18.6 Å². The first-order valence-corrected chi connectivity index (χ1v) is 8.79. The summed E-state index contributed by atoms with van der Waals surface area (Å²) in [6.45, 7) is 8.57. The Labute approximate surface area is 161 Å². The van der Waals surface area contributed by atoms with Gasteiger partial charge >= 0.3 is 0 Å². The molecule has 0 radical (unpaired) electrons.